The van der Waals surface area contributed by atoms with Gasteiger partial charge in [0, 0.05) is 0 Å². The molecule has 0 spiro atoms. The van der Waals surface area contributed by atoms with Gasteiger partial charge in [-0.05, 0) is 64.2 Å². The van der Waals surface area contributed by atoms with Crippen molar-refractivity contribution in [3.63, 3.8) is 0 Å². The van der Waals surface area contributed by atoms with E-state index in [-0.39, 0.29) is 12.2 Å². The van der Waals surface area contributed by atoms with E-state index in [0.29, 0.717) is 6.42 Å². The van der Waals surface area contributed by atoms with Crippen molar-refractivity contribution in [3.05, 3.63) is 12.7 Å². The number of unbranched alkanes of at least 4 members (excludes halogenated alkanes) is 1. The van der Waals surface area contributed by atoms with Gasteiger partial charge in [-0.15, -0.1) is 6.58 Å². The second kappa shape index (κ2) is 14.1. The maximum Gasteiger partial charge on any atom is 0.322 e. The van der Waals surface area contributed by atoms with Gasteiger partial charge in [0.15, 0.2) is 0 Å². The number of quaternary nitrogens is 1. The molecule has 0 heterocycles. The molecule has 2 rings (SSSR count). The van der Waals surface area contributed by atoms with E-state index in [1.54, 1.807) is 0 Å². The highest BCUT2D eigenvalue weighted by molar-refractivity contribution is 7.89. The Bertz CT molecular complexity index is 523. The average Bonchev–Trinajstić information content (AvgIpc) is 2.68. The highest BCUT2D eigenvalue weighted by atomic mass is 32.2. The number of nitrogens with one attached hydrogen (secondary N) is 1. The minimum absolute atomic E-state index is 0.0373. The summed E-state index contributed by atoms with van der Waals surface area (Å²) in [5.41, 5.74) is 0. The lowest BCUT2D eigenvalue weighted by molar-refractivity contribution is -0.725. The van der Waals surface area contributed by atoms with Gasteiger partial charge in [-0.2, -0.15) is 0 Å². The molecule has 28 heavy (non-hydrogen) atoms. The van der Waals surface area contributed by atoms with E-state index in [4.69, 9.17) is 5.11 Å². The largest absolute Gasteiger partial charge is 0.480 e. The Hall–Kier alpha value is -0.920. The number of carbonyl (C=O) groups is 1. The smallest absolute Gasteiger partial charge is 0.322 e. The molecule has 1 atom stereocenters. The molecule has 2 aliphatic rings. The van der Waals surface area contributed by atoms with E-state index >= 15 is 0 Å². The normalized spacial score (nSPS) is 20.0. The molecule has 0 saturated heterocycles. The summed E-state index contributed by atoms with van der Waals surface area (Å²) >= 11 is 0. The van der Waals surface area contributed by atoms with Gasteiger partial charge in [-0.3, -0.25) is 4.79 Å². The predicted molar refractivity (Wildman–Crippen MR) is 114 cm³/mol. The van der Waals surface area contributed by atoms with Gasteiger partial charge < -0.3 is 10.4 Å². The van der Waals surface area contributed by atoms with E-state index in [1.165, 1.54) is 70.3 Å². The van der Waals surface area contributed by atoms with Crippen LogP contribution in [0.15, 0.2) is 12.7 Å². The molecule has 0 amide bonds. The lowest BCUT2D eigenvalue weighted by Gasteiger charge is -2.27. The Labute approximate surface area is 171 Å². The number of nitrogens with two attached hydrogens (primary N) is 1. The second-order valence-electron chi connectivity index (χ2n) is 8.19. The number of hydrogen-bond donors (Lipinski definition) is 3. The summed E-state index contributed by atoms with van der Waals surface area (Å²) in [4.78, 5) is 10.7. The van der Waals surface area contributed by atoms with Crippen molar-refractivity contribution in [2.75, 3.05) is 5.75 Å². The van der Waals surface area contributed by atoms with Crippen LogP contribution < -0.4 is 10.0 Å². The molecule has 0 aliphatic heterocycles. The van der Waals surface area contributed by atoms with Gasteiger partial charge in [0.25, 0.3) is 0 Å². The van der Waals surface area contributed by atoms with Gasteiger partial charge >= 0.3 is 5.97 Å². The predicted octanol–water partition coefficient (Wildman–Crippen LogP) is 2.95. The summed E-state index contributed by atoms with van der Waals surface area (Å²) in [7, 11) is -3.49. The molecule has 0 bridgehead atoms. The average molecular weight is 418 g/mol. The van der Waals surface area contributed by atoms with Gasteiger partial charge in [-0.25, -0.2) is 13.1 Å². The Morgan fingerprint density at radius 3 is 2.00 bits per heavy atom. The first-order valence-corrected chi connectivity index (χ1v) is 12.7. The van der Waals surface area contributed by atoms with E-state index in [1.807, 2.05) is 6.92 Å². The van der Waals surface area contributed by atoms with Crippen molar-refractivity contribution in [2.24, 2.45) is 0 Å². The number of sulfonamides is 1. The molecule has 2 fully saturated rings. The highest BCUT2D eigenvalue weighted by Gasteiger charge is 2.23. The van der Waals surface area contributed by atoms with Gasteiger partial charge in [0.2, 0.25) is 10.0 Å². The van der Waals surface area contributed by atoms with Crippen LogP contribution in [0, 0.1) is 0 Å². The molecule has 1 unspecified atom stereocenters. The number of aliphatic carboxylic acids is 1. The van der Waals surface area contributed by atoms with Crippen molar-refractivity contribution >= 4 is 16.0 Å². The molecule has 7 heteroatoms. The van der Waals surface area contributed by atoms with Crippen molar-refractivity contribution in [1.82, 2.24) is 4.72 Å². The van der Waals surface area contributed by atoms with Crippen molar-refractivity contribution < 1.29 is 23.6 Å². The number of hydrogen-bond acceptors (Lipinski definition) is 3. The summed E-state index contributed by atoms with van der Waals surface area (Å²) in [6, 6.07) is 0.887. The SMILES string of the molecule is C1CCC([NH2+]C2CCCCC2)CC1.C=CCC(NS(=O)(=O)CCCC)C(=O)O. The Balaban J connectivity index is 0.000000281. The maximum atomic E-state index is 11.4. The summed E-state index contributed by atoms with van der Waals surface area (Å²) in [5.74, 6) is -1.22. The van der Waals surface area contributed by atoms with E-state index in [2.05, 4.69) is 16.6 Å². The van der Waals surface area contributed by atoms with Gasteiger partial charge in [-0.1, -0.05) is 32.3 Å². The fourth-order valence-corrected chi connectivity index (χ4v) is 5.43. The molecule has 0 aromatic rings. The van der Waals surface area contributed by atoms with Gasteiger partial charge in [0.05, 0.1) is 17.8 Å². The zero-order valence-electron chi connectivity index (χ0n) is 17.6. The highest BCUT2D eigenvalue weighted by Crippen LogP contribution is 2.18. The second-order valence-corrected chi connectivity index (χ2v) is 10.1. The van der Waals surface area contributed by atoms with Crippen LogP contribution in [0.3, 0.4) is 0 Å². The third-order valence-corrected chi connectivity index (χ3v) is 7.10. The quantitative estimate of drug-likeness (QED) is 0.476. The summed E-state index contributed by atoms with van der Waals surface area (Å²) in [6.07, 6.45) is 17.7. The molecule has 164 valence electrons. The minimum atomic E-state index is -3.49. The zero-order valence-corrected chi connectivity index (χ0v) is 18.4. The van der Waals surface area contributed by atoms with Crippen molar-refractivity contribution in [3.8, 4) is 0 Å². The van der Waals surface area contributed by atoms with Crippen molar-refractivity contribution in [1.29, 1.82) is 0 Å². The van der Waals surface area contributed by atoms with E-state index < -0.39 is 22.0 Å². The molecule has 2 saturated carbocycles. The van der Waals surface area contributed by atoms with Crippen LogP contribution in [0.5, 0.6) is 0 Å². The molecule has 0 aromatic carbocycles. The Kier molecular flexibility index (Phi) is 12.7. The third-order valence-electron chi connectivity index (χ3n) is 5.63. The molecule has 0 radical (unpaired) electrons. The lowest BCUT2D eigenvalue weighted by Crippen LogP contribution is -2.95. The minimum Gasteiger partial charge on any atom is -0.480 e. The third kappa shape index (κ3) is 11.2. The zero-order chi connectivity index (χ0) is 20.8. The van der Waals surface area contributed by atoms with E-state index in [9.17, 15) is 13.2 Å². The van der Waals surface area contributed by atoms with Crippen LogP contribution in [0.25, 0.3) is 0 Å². The number of carboxylic acid groups (broad SMARTS) is 1. The molecular weight excluding hydrogens is 376 g/mol. The van der Waals surface area contributed by atoms with Crippen LogP contribution in [0.1, 0.15) is 90.4 Å². The molecular formula is C21H41N2O4S+. The van der Waals surface area contributed by atoms with Crippen molar-refractivity contribution in [2.45, 2.75) is 109 Å². The molecule has 2 aliphatic carbocycles. The Morgan fingerprint density at radius 2 is 1.61 bits per heavy atom. The maximum absolute atomic E-state index is 11.4. The summed E-state index contributed by atoms with van der Waals surface area (Å²) in [6.45, 7) is 5.25. The van der Waals surface area contributed by atoms with Crippen LogP contribution in [0.2, 0.25) is 0 Å². The van der Waals surface area contributed by atoms with Crippen LogP contribution in [-0.4, -0.2) is 43.4 Å². The fraction of sp³-hybridized carbons (Fsp3) is 0.857. The first-order chi connectivity index (χ1) is 13.4. The fourth-order valence-electron chi connectivity index (χ4n) is 4.01. The first-order valence-electron chi connectivity index (χ1n) is 11.1. The summed E-state index contributed by atoms with van der Waals surface area (Å²) in [5, 5.41) is 11.4. The lowest BCUT2D eigenvalue weighted by atomic mass is 9.91. The summed E-state index contributed by atoms with van der Waals surface area (Å²) < 4.78 is 24.9. The van der Waals surface area contributed by atoms with Crippen LogP contribution in [-0.2, 0) is 14.8 Å². The van der Waals surface area contributed by atoms with Gasteiger partial charge in [0.1, 0.15) is 6.04 Å². The standard InChI is InChI=1S/C12H23N.C9H17NO4S/c1-3-7-11(8-4-1)13-12-9-5-2-6-10-12;1-3-5-7-15(13,14)10-8(6-4-2)9(11)12/h11-13H,1-10H2;4,8,10H,2-3,5-7H2,1H3,(H,11,12)/p+1. The number of carboxylic acids is 1. The first kappa shape index (κ1) is 25.1. The van der Waals surface area contributed by atoms with E-state index in [0.717, 1.165) is 18.5 Å². The number of rotatable bonds is 10. The monoisotopic (exact) mass is 417 g/mol. The molecule has 6 nitrogen and oxygen atoms in total. The Morgan fingerprint density at radius 1 is 1.11 bits per heavy atom. The molecule has 0 aromatic heterocycles. The molecule has 4 N–H and O–H groups in total. The van der Waals surface area contributed by atoms with Crippen LogP contribution in [0.4, 0.5) is 0 Å². The topological polar surface area (TPSA) is 100 Å². The van der Waals surface area contributed by atoms with Crippen LogP contribution >= 0.6 is 0 Å².